The lowest BCUT2D eigenvalue weighted by molar-refractivity contribution is -0.143. The van der Waals surface area contributed by atoms with E-state index in [1.165, 1.54) is 17.0 Å². The van der Waals surface area contributed by atoms with Crippen molar-refractivity contribution in [1.82, 2.24) is 9.88 Å². The molecule has 0 aliphatic carbocycles. The third-order valence-corrected chi connectivity index (χ3v) is 5.45. The van der Waals surface area contributed by atoms with E-state index >= 15 is 0 Å². The SMILES string of the molecule is C[C@@H]1CN(C(=O)C(=O)Nc2ccc3[nH]c(=O)oc3c2)CCN1c1cc(F)c(Cl)c(F)c1. The van der Waals surface area contributed by atoms with Crippen LogP contribution in [0.3, 0.4) is 0 Å². The molecule has 3 aromatic rings. The zero-order valence-electron chi connectivity index (χ0n) is 16.2. The van der Waals surface area contributed by atoms with E-state index in [1.54, 1.807) is 17.9 Å². The number of amides is 2. The Morgan fingerprint density at radius 1 is 1.19 bits per heavy atom. The number of rotatable bonds is 2. The second-order valence-electron chi connectivity index (χ2n) is 7.20. The summed E-state index contributed by atoms with van der Waals surface area (Å²) in [5.41, 5.74) is 1.33. The molecule has 31 heavy (non-hydrogen) atoms. The molecule has 11 heteroatoms. The van der Waals surface area contributed by atoms with Gasteiger partial charge in [0.05, 0.1) is 5.52 Å². The smallest absolute Gasteiger partial charge is 0.408 e. The van der Waals surface area contributed by atoms with Crippen LogP contribution in [-0.4, -0.2) is 47.4 Å². The maximum absolute atomic E-state index is 13.8. The van der Waals surface area contributed by atoms with Crippen molar-refractivity contribution < 1.29 is 22.8 Å². The first-order valence-corrected chi connectivity index (χ1v) is 9.75. The van der Waals surface area contributed by atoms with Gasteiger partial charge in [0.2, 0.25) is 0 Å². The maximum Gasteiger partial charge on any atom is 0.417 e. The number of hydrogen-bond acceptors (Lipinski definition) is 5. The summed E-state index contributed by atoms with van der Waals surface area (Å²) >= 11 is 5.54. The van der Waals surface area contributed by atoms with Crippen LogP contribution in [0.4, 0.5) is 20.2 Å². The minimum Gasteiger partial charge on any atom is -0.408 e. The van der Waals surface area contributed by atoms with E-state index in [0.29, 0.717) is 16.9 Å². The molecule has 1 aliphatic heterocycles. The van der Waals surface area contributed by atoms with Gasteiger partial charge in [-0.3, -0.25) is 14.6 Å². The van der Waals surface area contributed by atoms with Crippen molar-refractivity contribution in [3.05, 3.63) is 57.5 Å². The molecule has 0 bridgehead atoms. The number of nitrogens with zero attached hydrogens (tertiary/aromatic N) is 2. The normalized spacial score (nSPS) is 16.6. The predicted molar refractivity (Wildman–Crippen MR) is 110 cm³/mol. The highest BCUT2D eigenvalue weighted by atomic mass is 35.5. The number of fused-ring (bicyclic) bond motifs is 1. The number of H-pyrrole nitrogens is 1. The summed E-state index contributed by atoms with van der Waals surface area (Å²) in [7, 11) is 0. The number of oxazole rings is 1. The molecule has 8 nitrogen and oxygen atoms in total. The molecule has 1 aromatic heterocycles. The average Bonchev–Trinajstić information content (AvgIpc) is 3.10. The third-order valence-electron chi connectivity index (χ3n) is 5.09. The number of anilines is 2. The van der Waals surface area contributed by atoms with Gasteiger partial charge in [-0.15, -0.1) is 0 Å². The van der Waals surface area contributed by atoms with Crippen LogP contribution in [0.1, 0.15) is 6.92 Å². The number of nitrogens with one attached hydrogen (secondary N) is 2. The average molecular weight is 451 g/mol. The summed E-state index contributed by atoms with van der Waals surface area (Å²) in [5, 5.41) is 1.92. The van der Waals surface area contributed by atoms with Crippen molar-refractivity contribution in [2.24, 2.45) is 0 Å². The Morgan fingerprint density at radius 2 is 1.90 bits per heavy atom. The van der Waals surface area contributed by atoms with E-state index < -0.39 is 34.2 Å². The highest BCUT2D eigenvalue weighted by Gasteiger charge is 2.31. The van der Waals surface area contributed by atoms with Gasteiger partial charge in [-0.2, -0.15) is 0 Å². The molecule has 0 saturated carbocycles. The summed E-state index contributed by atoms with van der Waals surface area (Å²) < 4.78 is 32.5. The maximum atomic E-state index is 13.8. The lowest BCUT2D eigenvalue weighted by Crippen LogP contribution is -2.55. The number of carbonyl (C=O) groups is 2. The van der Waals surface area contributed by atoms with Gasteiger partial charge in [0, 0.05) is 43.1 Å². The van der Waals surface area contributed by atoms with Crippen LogP contribution in [0.25, 0.3) is 11.1 Å². The monoisotopic (exact) mass is 450 g/mol. The van der Waals surface area contributed by atoms with E-state index in [0.717, 1.165) is 12.1 Å². The standard InChI is InChI=1S/C20H17ClF2N4O4/c1-10-9-26(4-5-27(10)12-7-13(22)17(21)14(23)8-12)19(29)18(28)24-11-2-3-15-16(6-11)31-20(30)25-15/h2-3,6-8,10H,4-5,9H2,1H3,(H,24,28)(H,25,30)/t10-/m1/s1. The third kappa shape index (κ3) is 4.11. The van der Waals surface area contributed by atoms with Gasteiger partial charge >= 0.3 is 17.6 Å². The van der Waals surface area contributed by atoms with Crippen LogP contribution in [-0.2, 0) is 9.59 Å². The first-order chi connectivity index (χ1) is 14.7. The van der Waals surface area contributed by atoms with Gasteiger partial charge < -0.3 is 19.5 Å². The van der Waals surface area contributed by atoms with Gasteiger partial charge in [0.15, 0.2) is 5.58 Å². The van der Waals surface area contributed by atoms with Crippen LogP contribution in [0, 0.1) is 11.6 Å². The lowest BCUT2D eigenvalue weighted by Gasteiger charge is -2.41. The Morgan fingerprint density at radius 3 is 2.58 bits per heavy atom. The quantitative estimate of drug-likeness (QED) is 0.462. The second kappa shape index (κ2) is 8.03. The minimum atomic E-state index is -0.864. The zero-order valence-corrected chi connectivity index (χ0v) is 17.0. The van der Waals surface area contributed by atoms with E-state index in [2.05, 4.69) is 10.3 Å². The van der Waals surface area contributed by atoms with Crippen LogP contribution >= 0.6 is 11.6 Å². The van der Waals surface area contributed by atoms with Crippen molar-refractivity contribution in [2.45, 2.75) is 13.0 Å². The van der Waals surface area contributed by atoms with Crippen LogP contribution in [0.5, 0.6) is 0 Å². The van der Waals surface area contributed by atoms with E-state index in [-0.39, 0.29) is 31.3 Å². The Labute approximate surface area is 179 Å². The van der Waals surface area contributed by atoms with Gasteiger partial charge in [-0.05, 0) is 31.2 Å². The number of piperazine rings is 1. The first kappa shape index (κ1) is 20.9. The molecule has 2 amide bonds. The fourth-order valence-electron chi connectivity index (χ4n) is 3.58. The second-order valence-corrected chi connectivity index (χ2v) is 7.57. The fraction of sp³-hybridized carbons (Fsp3) is 0.250. The number of halogens is 3. The van der Waals surface area contributed by atoms with Crippen LogP contribution in [0.15, 0.2) is 39.5 Å². The molecule has 4 rings (SSSR count). The zero-order chi connectivity index (χ0) is 22.3. The minimum absolute atomic E-state index is 0.184. The van der Waals surface area contributed by atoms with Gasteiger partial charge in [0.1, 0.15) is 16.7 Å². The Balaban J connectivity index is 1.42. The number of benzene rings is 2. The van der Waals surface area contributed by atoms with Gasteiger partial charge in [-0.1, -0.05) is 11.6 Å². The van der Waals surface area contributed by atoms with Crippen molar-refractivity contribution >= 4 is 45.9 Å². The molecule has 0 radical (unpaired) electrons. The number of aromatic nitrogens is 1. The molecule has 2 heterocycles. The summed E-state index contributed by atoms with van der Waals surface area (Å²) in [6, 6.07) is 6.50. The summed E-state index contributed by atoms with van der Waals surface area (Å²) in [6.07, 6.45) is 0. The molecular weight excluding hydrogens is 434 g/mol. The molecule has 0 unspecified atom stereocenters. The number of aromatic amines is 1. The van der Waals surface area contributed by atoms with Gasteiger partial charge in [0.25, 0.3) is 0 Å². The molecule has 0 spiro atoms. The molecule has 1 saturated heterocycles. The first-order valence-electron chi connectivity index (χ1n) is 9.37. The summed E-state index contributed by atoms with van der Waals surface area (Å²) in [4.78, 5) is 41.8. The summed E-state index contributed by atoms with van der Waals surface area (Å²) in [5.74, 6) is -3.94. The highest BCUT2D eigenvalue weighted by Crippen LogP contribution is 2.28. The molecule has 2 N–H and O–H groups in total. The highest BCUT2D eigenvalue weighted by molar-refractivity contribution is 6.39. The predicted octanol–water partition coefficient (Wildman–Crippen LogP) is 2.73. The Hall–Kier alpha value is -3.40. The fourth-order valence-corrected chi connectivity index (χ4v) is 3.69. The molecule has 2 aromatic carbocycles. The summed E-state index contributed by atoms with van der Waals surface area (Å²) in [6.45, 7) is 2.43. The number of carbonyl (C=O) groups excluding carboxylic acids is 2. The molecule has 1 fully saturated rings. The van der Waals surface area contributed by atoms with E-state index in [4.69, 9.17) is 16.0 Å². The van der Waals surface area contributed by atoms with Crippen molar-refractivity contribution in [3.8, 4) is 0 Å². The largest absolute Gasteiger partial charge is 0.417 e. The Kier molecular flexibility index (Phi) is 5.40. The van der Waals surface area contributed by atoms with E-state index in [1.807, 2.05) is 0 Å². The van der Waals surface area contributed by atoms with Crippen molar-refractivity contribution in [1.29, 1.82) is 0 Å². The van der Waals surface area contributed by atoms with Crippen LogP contribution < -0.4 is 16.0 Å². The van der Waals surface area contributed by atoms with E-state index in [9.17, 15) is 23.2 Å². The van der Waals surface area contributed by atoms with Crippen molar-refractivity contribution in [3.63, 3.8) is 0 Å². The lowest BCUT2D eigenvalue weighted by atomic mass is 10.1. The Bertz CT molecular complexity index is 1220. The molecular formula is C20H17ClF2N4O4. The topological polar surface area (TPSA) is 98.7 Å². The van der Waals surface area contributed by atoms with Gasteiger partial charge in [-0.25, -0.2) is 13.6 Å². The van der Waals surface area contributed by atoms with Crippen molar-refractivity contribution in [2.75, 3.05) is 29.9 Å². The molecule has 1 aliphatic rings. The molecule has 1 atom stereocenters. The molecule has 162 valence electrons. The number of hydrogen-bond donors (Lipinski definition) is 2. The van der Waals surface area contributed by atoms with Crippen LogP contribution in [0.2, 0.25) is 5.02 Å².